The van der Waals surface area contributed by atoms with Gasteiger partial charge >= 0.3 is 0 Å². The molecule has 152 valence electrons. The van der Waals surface area contributed by atoms with Gasteiger partial charge in [-0.05, 0) is 60.4 Å². The third-order valence-corrected chi connectivity index (χ3v) is 6.83. The summed E-state index contributed by atoms with van der Waals surface area (Å²) in [4.78, 5) is 14.2. The molecule has 0 saturated carbocycles. The Morgan fingerprint density at radius 2 is 1.63 bits per heavy atom. The number of rotatable bonds is 4. The van der Waals surface area contributed by atoms with Gasteiger partial charge in [0.1, 0.15) is 11.3 Å². The number of hydrogen-bond donors (Lipinski definition) is 1. The highest BCUT2D eigenvalue weighted by molar-refractivity contribution is 7.98. The van der Waals surface area contributed by atoms with E-state index in [4.69, 9.17) is 21.2 Å². The van der Waals surface area contributed by atoms with Gasteiger partial charge in [-0.25, -0.2) is 13.6 Å². The molecule has 0 bridgehead atoms. The zero-order valence-corrected chi connectivity index (χ0v) is 18.1. The molecular formula is C22H16ClNO4S2. The Morgan fingerprint density at radius 3 is 2.30 bits per heavy atom. The largest absolute Gasteiger partial charge is 0.455 e. The van der Waals surface area contributed by atoms with Crippen molar-refractivity contribution in [2.45, 2.75) is 9.79 Å². The molecule has 0 unspecified atom stereocenters. The van der Waals surface area contributed by atoms with E-state index in [1.54, 1.807) is 48.5 Å². The van der Waals surface area contributed by atoms with Crippen LogP contribution >= 0.6 is 23.4 Å². The van der Waals surface area contributed by atoms with Gasteiger partial charge in [0.15, 0.2) is 0 Å². The Kier molecular flexibility index (Phi) is 5.46. The third-order valence-electron chi connectivity index (χ3n) is 4.68. The van der Waals surface area contributed by atoms with Crippen molar-refractivity contribution in [2.75, 3.05) is 6.26 Å². The number of fused-ring (bicyclic) bond motifs is 1. The molecule has 0 atom stereocenters. The monoisotopic (exact) mass is 457 g/mol. The molecule has 3 aromatic carbocycles. The van der Waals surface area contributed by atoms with Crippen molar-refractivity contribution in [1.82, 2.24) is 0 Å². The lowest BCUT2D eigenvalue weighted by Crippen LogP contribution is -2.12. The van der Waals surface area contributed by atoms with Gasteiger partial charge < -0.3 is 4.42 Å². The van der Waals surface area contributed by atoms with Gasteiger partial charge in [-0.15, -0.1) is 11.8 Å². The summed E-state index contributed by atoms with van der Waals surface area (Å²) in [5.74, 6) is 0.342. The topological polar surface area (TPSA) is 90.4 Å². The lowest BCUT2D eigenvalue weighted by molar-refractivity contribution is 0.597. The number of thioether (sulfide) groups is 1. The second-order valence-electron chi connectivity index (χ2n) is 6.55. The van der Waals surface area contributed by atoms with Crippen molar-refractivity contribution in [3.05, 3.63) is 82.0 Å². The molecule has 0 aliphatic rings. The summed E-state index contributed by atoms with van der Waals surface area (Å²) in [6.45, 7) is 0. The first kappa shape index (κ1) is 20.7. The first-order chi connectivity index (χ1) is 14.3. The van der Waals surface area contributed by atoms with Crippen LogP contribution in [0.2, 0.25) is 5.02 Å². The molecule has 2 N–H and O–H groups in total. The smallest absolute Gasteiger partial charge is 0.238 e. The minimum absolute atomic E-state index is 0.0212. The minimum Gasteiger partial charge on any atom is -0.455 e. The van der Waals surface area contributed by atoms with Crippen molar-refractivity contribution in [3.63, 3.8) is 0 Å². The second-order valence-corrected chi connectivity index (χ2v) is 9.37. The molecule has 0 spiro atoms. The number of nitrogens with two attached hydrogens (primary N) is 1. The van der Waals surface area contributed by atoms with E-state index in [0.29, 0.717) is 38.4 Å². The molecule has 1 aromatic heterocycles. The number of halogens is 1. The predicted molar refractivity (Wildman–Crippen MR) is 122 cm³/mol. The SMILES string of the molecule is CSc1cc(-c2c(-c3ccc(S(N)(=O)=O)cc3)oc3ccccc3c2=O)ccc1Cl. The summed E-state index contributed by atoms with van der Waals surface area (Å²) in [6.07, 6.45) is 1.90. The Labute approximate surface area is 182 Å². The number of sulfonamides is 1. The second kappa shape index (κ2) is 7.92. The van der Waals surface area contributed by atoms with Crippen LogP contribution in [0, 0.1) is 0 Å². The molecule has 0 aliphatic carbocycles. The van der Waals surface area contributed by atoms with Crippen molar-refractivity contribution >= 4 is 44.4 Å². The van der Waals surface area contributed by atoms with Crippen LogP contribution in [-0.2, 0) is 10.0 Å². The lowest BCUT2D eigenvalue weighted by atomic mass is 9.98. The highest BCUT2D eigenvalue weighted by Crippen LogP contribution is 2.36. The predicted octanol–water partition coefficient (Wildman–Crippen LogP) is 5.15. The van der Waals surface area contributed by atoms with E-state index in [1.807, 2.05) is 12.3 Å². The van der Waals surface area contributed by atoms with E-state index in [9.17, 15) is 13.2 Å². The highest BCUT2D eigenvalue weighted by Gasteiger charge is 2.19. The molecule has 8 heteroatoms. The Balaban J connectivity index is 2.04. The van der Waals surface area contributed by atoms with E-state index in [-0.39, 0.29) is 10.3 Å². The molecule has 0 radical (unpaired) electrons. The van der Waals surface area contributed by atoms with Crippen LogP contribution in [0.4, 0.5) is 0 Å². The summed E-state index contributed by atoms with van der Waals surface area (Å²) < 4.78 is 29.3. The van der Waals surface area contributed by atoms with E-state index in [2.05, 4.69) is 0 Å². The van der Waals surface area contributed by atoms with Crippen molar-refractivity contribution in [2.24, 2.45) is 5.14 Å². The Hall–Kier alpha value is -2.58. The van der Waals surface area contributed by atoms with Crippen molar-refractivity contribution in [1.29, 1.82) is 0 Å². The normalized spacial score (nSPS) is 11.7. The summed E-state index contributed by atoms with van der Waals surface area (Å²) in [5, 5.41) is 6.24. The van der Waals surface area contributed by atoms with Crippen LogP contribution in [0.3, 0.4) is 0 Å². The van der Waals surface area contributed by atoms with Crippen LogP contribution in [-0.4, -0.2) is 14.7 Å². The Morgan fingerprint density at radius 1 is 0.967 bits per heavy atom. The van der Waals surface area contributed by atoms with E-state index in [1.165, 1.54) is 23.9 Å². The molecule has 1 heterocycles. The molecule has 0 amide bonds. The minimum atomic E-state index is -3.83. The fourth-order valence-corrected chi connectivity index (χ4v) is 4.59. The van der Waals surface area contributed by atoms with Crippen LogP contribution in [0.15, 0.2) is 85.7 Å². The van der Waals surface area contributed by atoms with Crippen molar-refractivity contribution < 1.29 is 12.8 Å². The fourth-order valence-electron chi connectivity index (χ4n) is 3.22. The number of hydrogen-bond acceptors (Lipinski definition) is 5. The summed E-state index contributed by atoms with van der Waals surface area (Å²) >= 11 is 7.72. The molecular weight excluding hydrogens is 442 g/mol. The molecule has 0 aliphatic heterocycles. The van der Waals surface area contributed by atoms with Gasteiger partial charge in [-0.3, -0.25) is 4.79 Å². The van der Waals surface area contributed by atoms with Gasteiger partial charge in [0.05, 0.1) is 20.9 Å². The van der Waals surface area contributed by atoms with E-state index < -0.39 is 10.0 Å². The Bertz CT molecular complexity index is 1430. The summed E-state index contributed by atoms with van der Waals surface area (Å²) in [5.41, 5.74) is 1.85. The molecule has 4 rings (SSSR count). The maximum absolute atomic E-state index is 13.4. The van der Waals surface area contributed by atoms with Crippen molar-refractivity contribution in [3.8, 4) is 22.5 Å². The summed E-state index contributed by atoms with van der Waals surface area (Å²) in [7, 11) is -3.83. The van der Waals surface area contributed by atoms with E-state index >= 15 is 0 Å². The quantitative estimate of drug-likeness (QED) is 0.428. The molecule has 0 fully saturated rings. The van der Waals surface area contributed by atoms with Gasteiger partial charge in [-0.1, -0.05) is 29.8 Å². The maximum atomic E-state index is 13.4. The zero-order chi connectivity index (χ0) is 21.5. The fraction of sp³-hybridized carbons (Fsp3) is 0.0455. The third kappa shape index (κ3) is 3.77. The lowest BCUT2D eigenvalue weighted by Gasteiger charge is -2.12. The average molecular weight is 458 g/mol. The molecule has 4 aromatic rings. The standard InChI is InChI=1S/C22H16ClNO4S2/c1-29-19-12-14(8-11-17(19)23)20-21(25)16-4-2-3-5-18(16)28-22(20)13-6-9-15(10-7-13)30(24,26)27/h2-12H,1H3,(H2,24,26,27). The van der Waals surface area contributed by atoms with Gasteiger partial charge in [0.2, 0.25) is 15.5 Å². The van der Waals surface area contributed by atoms with Crippen LogP contribution < -0.4 is 10.6 Å². The number of benzene rings is 3. The van der Waals surface area contributed by atoms with Gasteiger partial charge in [-0.2, -0.15) is 0 Å². The average Bonchev–Trinajstić information content (AvgIpc) is 2.74. The van der Waals surface area contributed by atoms with E-state index in [0.717, 1.165) is 4.90 Å². The molecule has 30 heavy (non-hydrogen) atoms. The van der Waals surface area contributed by atoms with Gasteiger partial charge in [0, 0.05) is 10.5 Å². The molecule has 5 nitrogen and oxygen atoms in total. The van der Waals surface area contributed by atoms with Crippen LogP contribution in [0.1, 0.15) is 0 Å². The first-order valence-corrected chi connectivity index (χ1v) is 12.0. The number of primary sulfonamides is 1. The van der Waals surface area contributed by atoms with Gasteiger partial charge in [0.25, 0.3) is 0 Å². The highest BCUT2D eigenvalue weighted by atomic mass is 35.5. The van der Waals surface area contributed by atoms with Crippen LogP contribution in [0.25, 0.3) is 33.4 Å². The first-order valence-electron chi connectivity index (χ1n) is 8.82. The van der Waals surface area contributed by atoms with Crippen LogP contribution in [0.5, 0.6) is 0 Å². The zero-order valence-electron chi connectivity index (χ0n) is 15.8. The maximum Gasteiger partial charge on any atom is 0.238 e. The number of para-hydroxylation sites is 1. The molecule has 0 saturated heterocycles. The summed E-state index contributed by atoms with van der Waals surface area (Å²) in [6, 6.07) is 18.3.